The Morgan fingerprint density at radius 3 is 2.33 bits per heavy atom. The molecule has 6 heteroatoms. The van der Waals surface area contributed by atoms with Crippen molar-refractivity contribution in [2.75, 3.05) is 19.6 Å². The predicted octanol–water partition coefficient (Wildman–Crippen LogP) is 4.35. The second kappa shape index (κ2) is 10.9. The number of benzene rings is 2. The third-order valence-corrected chi connectivity index (χ3v) is 6.28. The molecular formula is C27H32N4O2. The minimum Gasteiger partial charge on any atom is -0.340 e. The van der Waals surface area contributed by atoms with E-state index in [9.17, 15) is 9.59 Å². The van der Waals surface area contributed by atoms with Gasteiger partial charge in [0.15, 0.2) is 0 Å². The summed E-state index contributed by atoms with van der Waals surface area (Å²) in [6.07, 6.45) is 7.59. The maximum absolute atomic E-state index is 13.1. The molecule has 1 fully saturated rings. The van der Waals surface area contributed by atoms with Crippen LogP contribution in [0.15, 0.2) is 73.1 Å². The van der Waals surface area contributed by atoms with Gasteiger partial charge in [-0.05, 0) is 55.5 Å². The van der Waals surface area contributed by atoms with Crippen molar-refractivity contribution in [1.82, 2.24) is 19.6 Å². The number of amides is 2. The number of carbonyl (C=O) groups is 2. The van der Waals surface area contributed by atoms with Gasteiger partial charge in [-0.2, -0.15) is 5.10 Å². The summed E-state index contributed by atoms with van der Waals surface area (Å²) in [5.74, 6) is 0.273. The van der Waals surface area contributed by atoms with E-state index < -0.39 is 0 Å². The van der Waals surface area contributed by atoms with E-state index in [-0.39, 0.29) is 17.9 Å². The molecule has 2 aromatic carbocycles. The summed E-state index contributed by atoms with van der Waals surface area (Å²) < 4.78 is 1.85. The number of hydrogen-bond acceptors (Lipinski definition) is 3. The quantitative estimate of drug-likeness (QED) is 0.519. The Hall–Kier alpha value is -3.41. The van der Waals surface area contributed by atoms with Crippen LogP contribution in [0, 0.1) is 0 Å². The zero-order valence-electron chi connectivity index (χ0n) is 19.3. The molecule has 0 spiro atoms. The SMILES string of the molecule is CCCN(C(=O)CCc1cnn(-c2ccccc2)c1)C1CCN(C(=O)c2ccccc2)CC1. The van der Waals surface area contributed by atoms with E-state index >= 15 is 0 Å². The summed E-state index contributed by atoms with van der Waals surface area (Å²) in [5.41, 5.74) is 2.81. The molecule has 172 valence electrons. The number of aryl methyl sites for hydroxylation is 1. The summed E-state index contributed by atoms with van der Waals surface area (Å²) in [6.45, 7) is 4.25. The molecule has 0 aliphatic carbocycles. The standard InChI is InChI=1S/C27H32N4O2/c1-2-17-30(24-15-18-29(19-16-24)27(33)23-9-5-3-6-10-23)26(32)14-13-22-20-28-31(21-22)25-11-7-4-8-12-25/h3-12,20-21,24H,2,13-19H2,1H3. The Labute approximate surface area is 195 Å². The molecule has 0 saturated carbocycles. The van der Waals surface area contributed by atoms with Crippen LogP contribution in [0.25, 0.3) is 5.69 Å². The number of para-hydroxylation sites is 1. The summed E-state index contributed by atoms with van der Waals surface area (Å²) in [6, 6.07) is 19.6. The van der Waals surface area contributed by atoms with Crippen molar-refractivity contribution in [3.63, 3.8) is 0 Å². The molecule has 2 heterocycles. The predicted molar refractivity (Wildman–Crippen MR) is 129 cm³/mol. The van der Waals surface area contributed by atoms with Gasteiger partial charge in [-0.1, -0.05) is 43.3 Å². The lowest BCUT2D eigenvalue weighted by molar-refractivity contribution is -0.134. The molecule has 3 aromatic rings. The second-order valence-corrected chi connectivity index (χ2v) is 8.61. The van der Waals surface area contributed by atoms with Gasteiger partial charge in [-0.15, -0.1) is 0 Å². The molecule has 4 rings (SSSR count). The number of likely N-dealkylation sites (tertiary alicyclic amines) is 1. The van der Waals surface area contributed by atoms with Crippen LogP contribution >= 0.6 is 0 Å². The lowest BCUT2D eigenvalue weighted by atomic mass is 10.0. The summed E-state index contributed by atoms with van der Waals surface area (Å²) in [7, 11) is 0. The highest BCUT2D eigenvalue weighted by Gasteiger charge is 2.29. The highest BCUT2D eigenvalue weighted by atomic mass is 16.2. The van der Waals surface area contributed by atoms with Crippen LogP contribution in [0.1, 0.15) is 48.5 Å². The Bertz CT molecular complexity index is 1040. The smallest absolute Gasteiger partial charge is 0.253 e. The highest BCUT2D eigenvalue weighted by Crippen LogP contribution is 2.20. The van der Waals surface area contributed by atoms with Crippen molar-refractivity contribution < 1.29 is 9.59 Å². The fourth-order valence-corrected chi connectivity index (χ4v) is 4.50. The van der Waals surface area contributed by atoms with E-state index in [0.717, 1.165) is 42.6 Å². The van der Waals surface area contributed by atoms with Crippen LogP contribution in [-0.4, -0.2) is 57.1 Å². The molecule has 0 atom stereocenters. The van der Waals surface area contributed by atoms with Crippen LogP contribution in [0.2, 0.25) is 0 Å². The second-order valence-electron chi connectivity index (χ2n) is 8.61. The maximum Gasteiger partial charge on any atom is 0.253 e. The molecule has 0 bridgehead atoms. The number of rotatable bonds is 8. The molecule has 0 unspecified atom stereocenters. The lowest BCUT2D eigenvalue weighted by Crippen LogP contribution is -2.49. The highest BCUT2D eigenvalue weighted by molar-refractivity contribution is 5.94. The Balaban J connectivity index is 1.31. The van der Waals surface area contributed by atoms with E-state index in [1.165, 1.54) is 0 Å². The fourth-order valence-electron chi connectivity index (χ4n) is 4.50. The van der Waals surface area contributed by atoms with Crippen LogP contribution in [0.5, 0.6) is 0 Å². The van der Waals surface area contributed by atoms with Crippen LogP contribution in [0.4, 0.5) is 0 Å². The average molecular weight is 445 g/mol. The molecular weight excluding hydrogens is 412 g/mol. The van der Waals surface area contributed by atoms with Crippen molar-refractivity contribution in [2.24, 2.45) is 0 Å². The number of hydrogen-bond donors (Lipinski definition) is 0. The van der Waals surface area contributed by atoms with Gasteiger partial charge in [0.25, 0.3) is 5.91 Å². The molecule has 0 radical (unpaired) electrons. The van der Waals surface area contributed by atoms with E-state index in [0.29, 0.717) is 25.9 Å². The first kappa shape index (κ1) is 22.8. The number of aromatic nitrogens is 2. The first-order valence-electron chi connectivity index (χ1n) is 11.9. The van der Waals surface area contributed by atoms with Crippen molar-refractivity contribution in [2.45, 2.75) is 45.1 Å². The Kier molecular flexibility index (Phi) is 7.55. The minimum atomic E-state index is 0.0813. The zero-order chi connectivity index (χ0) is 23.0. The molecule has 6 nitrogen and oxygen atoms in total. The summed E-state index contributed by atoms with van der Waals surface area (Å²) in [5, 5.41) is 4.44. The van der Waals surface area contributed by atoms with Gasteiger partial charge in [0.1, 0.15) is 0 Å². The van der Waals surface area contributed by atoms with E-state index in [1.807, 2.05) is 87.5 Å². The molecule has 0 N–H and O–H groups in total. The van der Waals surface area contributed by atoms with E-state index in [1.54, 1.807) is 0 Å². The van der Waals surface area contributed by atoms with Crippen molar-refractivity contribution in [3.05, 3.63) is 84.2 Å². The largest absolute Gasteiger partial charge is 0.340 e. The molecule has 2 amide bonds. The summed E-state index contributed by atoms with van der Waals surface area (Å²) >= 11 is 0. The van der Waals surface area contributed by atoms with Crippen molar-refractivity contribution >= 4 is 11.8 Å². The fraction of sp³-hybridized carbons (Fsp3) is 0.370. The van der Waals surface area contributed by atoms with Gasteiger partial charge in [-0.25, -0.2) is 4.68 Å². The third-order valence-electron chi connectivity index (χ3n) is 6.28. The molecule has 1 aliphatic heterocycles. The van der Waals surface area contributed by atoms with Crippen LogP contribution in [-0.2, 0) is 11.2 Å². The Morgan fingerprint density at radius 1 is 1.00 bits per heavy atom. The van der Waals surface area contributed by atoms with E-state index in [4.69, 9.17) is 0 Å². The van der Waals surface area contributed by atoms with Gasteiger partial charge in [0, 0.05) is 43.9 Å². The van der Waals surface area contributed by atoms with Gasteiger partial charge in [0.05, 0.1) is 11.9 Å². The van der Waals surface area contributed by atoms with Gasteiger partial charge in [0.2, 0.25) is 5.91 Å². The first-order valence-corrected chi connectivity index (χ1v) is 11.9. The molecule has 33 heavy (non-hydrogen) atoms. The normalized spacial score (nSPS) is 14.3. The van der Waals surface area contributed by atoms with Crippen LogP contribution in [0.3, 0.4) is 0 Å². The number of piperidine rings is 1. The van der Waals surface area contributed by atoms with Crippen molar-refractivity contribution in [3.8, 4) is 5.69 Å². The third kappa shape index (κ3) is 5.69. The first-order chi connectivity index (χ1) is 16.2. The lowest BCUT2D eigenvalue weighted by Gasteiger charge is -2.38. The monoisotopic (exact) mass is 444 g/mol. The Morgan fingerprint density at radius 2 is 1.67 bits per heavy atom. The van der Waals surface area contributed by atoms with Crippen LogP contribution < -0.4 is 0 Å². The number of carbonyl (C=O) groups excluding carboxylic acids is 2. The topological polar surface area (TPSA) is 58.4 Å². The average Bonchev–Trinajstić information content (AvgIpc) is 3.36. The van der Waals surface area contributed by atoms with Crippen molar-refractivity contribution in [1.29, 1.82) is 0 Å². The van der Waals surface area contributed by atoms with Gasteiger partial charge < -0.3 is 9.80 Å². The summed E-state index contributed by atoms with van der Waals surface area (Å²) in [4.78, 5) is 29.8. The van der Waals surface area contributed by atoms with Gasteiger partial charge in [-0.3, -0.25) is 9.59 Å². The van der Waals surface area contributed by atoms with Gasteiger partial charge >= 0.3 is 0 Å². The molecule has 1 aromatic heterocycles. The zero-order valence-corrected chi connectivity index (χ0v) is 19.3. The molecule has 1 saturated heterocycles. The minimum absolute atomic E-state index is 0.0813. The maximum atomic E-state index is 13.1. The number of nitrogens with zero attached hydrogens (tertiary/aromatic N) is 4. The molecule has 1 aliphatic rings. The van der Waals surface area contributed by atoms with E-state index in [2.05, 4.69) is 12.0 Å².